The van der Waals surface area contributed by atoms with Crippen LogP contribution in [0.15, 0.2) is 30.3 Å². The number of fused-ring (bicyclic) bond motifs is 1. The third-order valence-corrected chi connectivity index (χ3v) is 4.14. The Hall–Kier alpha value is -2.50. The number of hydrogen-bond donors (Lipinski definition) is 2. The molecule has 1 aromatic carbocycles. The maximum absolute atomic E-state index is 11.9. The number of hydrogen-bond acceptors (Lipinski definition) is 3. The Kier molecular flexibility index (Phi) is 5.03. The molecule has 0 saturated carbocycles. The molecule has 0 spiro atoms. The molecular formula is C18H24N4O2. The predicted molar refractivity (Wildman–Crippen MR) is 92.3 cm³/mol. The van der Waals surface area contributed by atoms with E-state index in [0.29, 0.717) is 13.1 Å². The molecule has 6 nitrogen and oxygen atoms in total. The zero-order valence-corrected chi connectivity index (χ0v) is 14.2. The first-order valence-electron chi connectivity index (χ1n) is 8.39. The molecule has 0 saturated heterocycles. The maximum Gasteiger partial charge on any atom is 0.314 e. The van der Waals surface area contributed by atoms with Gasteiger partial charge in [0.2, 0.25) is 0 Å². The van der Waals surface area contributed by atoms with Gasteiger partial charge < -0.3 is 15.4 Å². The zero-order chi connectivity index (χ0) is 16.9. The van der Waals surface area contributed by atoms with E-state index in [2.05, 4.69) is 27.9 Å². The molecule has 0 fully saturated rings. The summed E-state index contributed by atoms with van der Waals surface area (Å²) < 4.78 is 7.77. The van der Waals surface area contributed by atoms with E-state index in [9.17, 15) is 4.79 Å². The van der Waals surface area contributed by atoms with Crippen molar-refractivity contribution in [2.45, 2.75) is 39.3 Å². The first-order valence-corrected chi connectivity index (χ1v) is 8.39. The molecule has 2 heterocycles. The summed E-state index contributed by atoms with van der Waals surface area (Å²) in [5.41, 5.74) is 3.38. The van der Waals surface area contributed by atoms with Crippen LogP contribution in [0.1, 0.15) is 23.4 Å². The van der Waals surface area contributed by atoms with Gasteiger partial charge in [-0.2, -0.15) is 5.10 Å². The Balaban J connectivity index is 1.32. The highest BCUT2D eigenvalue weighted by Gasteiger charge is 2.22. The number of nitrogens with one attached hydrogen (secondary N) is 2. The summed E-state index contributed by atoms with van der Waals surface area (Å²) in [5.74, 6) is 0.926. The number of ether oxygens (including phenoxy) is 1. The van der Waals surface area contributed by atoms with Crippen molar-refractivity contribution in [2.75, 3.05) is 13.1 Å². The topological polar surface area (TPSA) is 68.2 Å². The number of aryl methyl sites for hydroxylation is 3. The molecule has 0 aliphatic carbocycles. The molecule has 0 radical (unpaired) electrons. The van der Waals surface area contributed by atoms with Crippen LogP contribution in [0.2, 0.25) is 0 Å². The fourth-order valence-corrected chi connectivity index (χ4v) is 2.97. The maximum atomic E-state index is 11.9. The molecule has 1 unspecified atom stereocenters. The van der Waals surface area contributed by atoms with E-state index in [-0.39, 0.29) is 12.1 Å². The molecule has 1 aliphatic rings. The van der Waals surface area contributed by atoms with Gasteiger partial charge in [0.25, 0.3) is 0 Å². The minimum absolute atomic E-state index is 0.0165. The summed E-state index contributed by atoms with van der Waals surface area (Å²) >= 11 is 0. The lowest BCUT2D eigenvalue weighted by atomic mass is 10.1. The lowest BCUT2D eigenvalue weighted by Gasteiger charge is -2.13. The number of carbonyl (C=O) groups excluding carboxylic acids is 1. The average Bonchev–Trinajstić information content (AvgIpc) is 3.12. The van der Waals surface area contributed by atoms with E-state index in [0.717, 1.165) is 36.5 Å². The molecule has 0 bridgehead atoms. The highest BCUT2D eigenvalue weighted by molar-refractivity contribution is 5.73. The minimum atomic E-state index is -0.150. The molecule has 1 atom stereocenters. The summed E-state index contributed by atoms with van der Waals surface area (Å²) in [6, 6.07) is 9.91. The molecule has 2 N–H and O–H groups in total. The molecule has 1 aromatic heterocycles. The van der Waals surface area contributed by atoms with Gasteiger partial charge in [0.15, 0.2) is 0 Å². The van der Waals surface area contributed by atoms with Gasteiger partial charge in [0.1, 0.15) is 11.9 Å². The van der Waals surface area contributed by atoms with Gasteiger partial charge in [0.05, 0.1) is 12.2 Å². The molecular weight excluding hydrogens is 304 g/mol. The molecule has 3 rings (SSSR count). The number of nitrogens with zero attached hydrogens (tertiary/aromatic N) is 2. The Morgan fingerprint density at radius 2 is 2.17 bits per heavy atom. The number of amides is 2. The monoisotopic (exact) mass is 328 g/mol. The second-order valence-electron chi connectivity index (χ2n) is 6.19. The second-order valence-corrected chi connectivity index (χ2v) is 6.19. The average molecular weight is 328 g/mol. The number of para-hydroxylation sites is 1. The van der Waals surface area contributed by atoms with Crippen molar-refractivity contribution in [1.82, 2.24) is 20.4 Å². The van der Waals surface area contributed by atoms with Crippen LogP contribution in [0.4, 0.5) is 4.79 Å². The fourth-order valence-electron chi connectivity index (χ4n) is 2.97. The standard InChI is InChI=1S/C18H24N4O2/c1-13-10-14(2)22(21-13)9-5-8-19-18(23)20-12-16-11-15-6-3-4-7-17(15)24-16/h3-4,6-7,10,16H,5,8-9,11-12H2,1-2H3,(H2,19,20,23). The van der Waals surface area contributed by atoms with Crippen LogP contribution in [0.3, 0.4) is 0 Å². The molecule has 24 heavy (non-hydrogen) atoms. The Morgan fingerprint density at radius 1 is 1.33 bits per heavy atom. The van der Waals surface area contributed by atoms with Crippen molar-refractivity contribution in [1.29, 1.82) is 0 Å². The van der Waals surface area contributed by atoms with Crippen molar-refractivity contribution in [3.05, 3.63) is 47.3 Å². The van der Waals surface area contributed by atoms with Gasteiger partial charge in [0, 0.05) is 25.2 Å². The molecule has 2 aromatic rings. The zero-order valence-electron chi connectivity index (χ0n) is 14.2. The van der Waals surface area contributed by atoms with Gasteiger partial charge in [-0.15, -0.1) is 0 Å². The third-order valence-electron chi connectivity index (χ3n) is 4.14. The molecule has 6 heteroatoms. The Labute approximate surface area is 142 Å². The SMILES string of the molecule is Cc1cc(C)n(CCCNC(=O)NCC2Cc3ccccc3O2)n1. The molecule has 1 aliphatic heterocycles. The minimum Gasteiger partial charge on any atom is -0.488 e. The summed E-state index contributed by atoms with van der Waals surface area (Å²) in [5, 5.41) is 10.2. The Morgan fingerprint density at radius 3 is 2.92 bits per heavy atom. The lowest BCUT2D eigenvalue weighted by molar-refractivity contribution is 0.214. The summed E-state index contributed by atoms with van der Waals surface area (Å²) in [6.45, 7) is 5.97. The van der Waals surface area contributed by atoms with Crippen molar-refractivity contribution in [3.63, 3.8) is 0 Å². The van der Waals surface area contributed by atoms with Gasteiger partial charge in [-0.25, -0.2) is 4.79 Å². The van der Waals surface area contributed by atoms with E-state index in [1.54, 1.807) is 0 Å². The predicted octanol–water partition coefficient (Wildman–Crippen LogP) is 2.19. The van der Waals surface area contributed by atoms with E-state index < -0.39 is 0 Å². The quantitative estimate of drug-likeness (QED) is 0.799. The van der Waals surface area contributed by atoms with Gasteiger partial charge in [-0.3, -0.25) is 4.68 Å². The normalized spacial score (nSPS) is 15.7. The first-order chi connectivity index (χ1) is 11.6. The van der Waals surface area contributed by atoms with Gasteiger partial charge in [-0.05, 0) is 38.0 Å². The highest BCUT2D eigenvalue weighted by Crippen LogP contribution is 2.27. The smallest absolute Gasteiger partial charge is 0.314 e. The van der Waals surface area contributed by atoms with E-state index in [1.165, 1.54) is 5.56 Å². The summed E-state index contributed by atoms with van der Waals surface area (Å²) in [7, 11) is 0. The van der Waals surface area contributed by atoms with Crippen molar-refractivity contribution < 1.29 is 9.53 Å². The van der Waals surface area contributed by atoms with Crippen LogP contribution in [-0.2, 0) is 13.0 Å². The number of urea groups is 1. The largest absolute Gasteiger partial charge is 0.488 e. The molecule has 2 amide bonds. The van der Waals surface area contributed by atoms with Crippen molar-refractivity contribution >= 4 is 6.03 Å². The van der Waals surface area contributed by atoms with E-state index in [1.807, 2.05) is 36.7 Å². The van der Waals surface area contributed by atoms with Crippen LogP contribution >= 0.6 is 0 Å². The van der Waals surface area contributed by atoms with Crippen molar-refractivity contribution in [2.24, 2.45) is 0 Å². The van der Waals surface area contributed by atoms with Crippen LogP contribution in [0.25, 0.3) is 0 Å². The highest BCUT2D eigenvalue weighted by atomic mass is 16.5. The first kappa shape index (κ1) is 16.4. The van der Waals surface area contributed by atoms with Crippen LogP contribution in [0, 0.1) is 13.8 Å². The van der Waals surface area contributed by atoms with Crippen LogP contribution in [-0.4, -0.2) is 35.0 Å². The van der Waals surface area contributed by atoms with Crippen molar-refractivity contribution in [3.8, 4) is 5.75 Å². The third kappa shape index (κ3) is 4.07. The molecule has 128 valence electrons. The summed E-state index contributed by atoms with van der Waals surface area (Å²) in [6.07, 6.45) is 1.71. The van der Waals surface area contributed by atoms with E-state index >= 15 is 0 Å². The number of aromatic nitrogens is 2. The van der Waals surface area contributed by atoms with Gasteiger partial charge >= 0.3 is 6.03 Å². The lowest BCUT2D eigenvalue weighted by Crippen LogP contribution is -2.41. The van der Waals surface area contributed by atoms with Crippen LogP contribution < -0.4 is 15.4 Å². The van der Waals surface area contributed by atoms with E-state index in [4.69, 9.17) is 4.74 Å². The number of rotatable bonds is 6. The number of carbonyl (C=O) groups is 1. The van der Waals surface area contributed by atoms with Crippen LogP contribution in [0.5, 0.6) is 5.75 Å². The summed E-state index contributed by atoms with van der Waals surface area (Å²) in [4.78, 5) is 11.9. The van der Waals surface area contributed by atoms with Gasteiger partial charge in [-0.1, -0.05) is 18.2 Å². The number of benzene rings is 1. The fraction of sp³-hybridized carbons (Fsp3) is 0.444. The Bertz CT molecular complexity index is 686. The second kappa shape index (κ2) is 7.38.